The number of nitrogens with one attached hydrogen (secondary N) is 3. The number of amides is 4. The molecule has 1 aromatic heterocycles. The lowest BCUT2D eigenvalue weighted by Gasteiger charge is -2.22. The molecule has 1 atom stereocenters. The summed E-state index contributed by atoms with van der Waals surface area (Å²) in [7, 11) is 0. The predicted molar refractivity (Wildman–Crippen MR) is 142 cm³/mol. The monoisotopic (exact) mass is 489 g/mol. The second kappa shape index (κ2) is 8.60. The molecule has 2 heterocycles. The summed E-state index contributed by atoms with van der Waals surface area (Å²) in [5.41, 5.74) is 2.30. The average Bonchev–Trinajstić information content (AvgIpc) is 3.43. The molecule has 37 heavy (non-hydrogen) atoms. The summed E-state index contributed by atoms with van der Waals surface area (Å²) in [5, 5.41) is 7.61. The maximum Gasteiger partial charge on any atom is 0.325 e. The number of hydrogen-bond acceptors (Lipinski definition) is 4. The van der Waals surface area contributed by atoms with Crippen LogP contribution in [0.25, 0.3) is 33.2 Å². The molecule has 8 heteroatoms. The van der Waals surface area contributed by atoms with Gasteiger partial charge in [0, 0.05) is 5.56 Å². The maximum atomic E-state index is 13.4. The van der Waals surface area contributed by atoms with Gasteiger partial charge in [-0.05, 0) is 53.6 Å². The van der Waals surface area contributed by atoms with E-state index in [2.05, 4.69) is 20.6 Å². The Kier molecular flexibility index (Phi) is 5.22. The zero-order valence-corrected chi connectivity index (χ0v) is 20.0. The number of anilines is 1. The van der Waals surface area contributed by atoms with Gasteiger partial charge in [0.2, 0.25) is 5.91 Å². The number of imide groups is 1. The number of aromatic nitrogens is 2. The van der Waals surface area contributed by atoms with Crippen LogP contribution in [0.2, 0.25) is 0 Å². The van der Waals surface area contributed by atoms with Gasteiger partial charge in [0.15, 0.2) is 0 Å². The van der Waals surface area contributed by atoms with E-state index < -0.39 is 29.9 Å². The van der Waals surface area contributed by atoms with Crippen molar-refractivity contribution < 1.29 is 14.4 Å². The smallest absolute Gasteiger partial charge is 0.325 e. The van der Waals surface area contributed by atoms with Crippen molar-refractivity contribution in [1.29, 1.82) is 0 Å². The fourth-order valence-electron chi connectivity index (χ4n) is 4.75. The fourth-order valence-corrected chi connectivity index (χ4v) is 4.75. The van der Waals surface area contributed by atoms with Gasteiger partial charge in [0.05, 0.1) is 16.7 Å². The Labute approximate surface area is 212 Å². The van der Waals surface area contributed by atoms with Crippen molar-refractivity contribution in [2.45, 2.75) is 12.5 Å². The molecule has 1 fully saturated rings. The molecule has 1 unspecified atom stereocenters. The second-order valence-electron chi connectivity index (χ2n) is 9.20. The summed E-state index contributed by atoms with van der Waals surface area (Å²) in [5.74, 6) is -0.362. The Balaban J connectivity index is 1.23. The Morgan fingerprint density at radius 3 is 2.49 bits per heavy atom. The van der Waals surface area contributed by atoms with Crippen LogP contribution in [0.15, 0.2) is 91.0 Å². The number of fused-ring (bicyclic) bond motifs is 2. The van der Waals surface area contributed by atoms with Crippen molar-refractivity contribution in [2.75, 3.05) is 11.9 Å². The predicted octanol–water partition coefficient (Wildman–Crippen LogP) is 4.79. The second-order valence-corrected chi connectivity index (χ2v) is 9.20. The lowest BCUT2D eigenvalue weighted by atomic mass is 9.90. The summed E-state index contributed by atoms with van der Waals surface area (Å²) in [4.78, 5) is 48.1. The highest BCUT2D eigenvalue weighted by molar-refractivity contribution is 6.10. The largest absolute Gasteiger partial charge is 0.338 e. The number of carbonyl (C=O) groups is 3. The molecular weight excluding hydrogens is 466 g/mol. The molecule has 8 nitrogen and oxygen atoms in total. The van der Waals surface area contributed by atoms with Gasteiger partial charge in [-0.15, -0.1) is 0 Å². The third-order valence-electron chi connectivity index (χ3n) is 6.75. The molecule has 0 saturated carbocycles. The molecule has 1 aliphatic rings. The highest BCUT2D eigenvalue weighted by Gasteiger charge is 2.49. The highest BCUT2D eigenvalue weighted by atomic mass is 16.2. The number of aromatic amines is 1. The van der Waals surface area contributed by atoms with Crippen LogP contribution >= 0.6 is 0 Å². The van der Waals surface area contributed by atoms with Gasteiger partial charge in [-0.1, -0.05) is 60.7 Å². The average molecular weight is 490 g/mol. The number of urea groups is 1. The van der Waals surface area contributed by atoms with Crippen molar-refractivity contribution in [3.05, 3.63) is 96.6 Å². The summed E-state index contributed by atoms with van der Waals surface area (Å²) >= 11 is 0. The van der Waals surface area contributed by atoms with Crippen LogP contribution in [0.1, 0.15) is 12.5 Å². The topological polar surface area (TPSA) is 107 Å². The number of H-pyrrole nitrogens is 1. The first kappa shape index (κ1) is 22.5. The van der Waals surface area contributed by atoms with Crippen molar-refractivity contribution >= 4 is 45.3 Å². The molecule has 0 radical (unpaired) electrons. The first-order chi connectivity index (χ1) is 17.9. The summed E-state index contributed by atoms with van der Waals surface area (Å²) < 4.78 is 0. The van der Waals surface area contributed by atoms with Crippen molar-refractivity contribution in [3.8, 4) is 11.4 Å². The molecule has 4 aromatic carbocycles. The number of para-hydroxylation sites is 3. The van der Waals surface area contributed by atoms with Gasteiger partial charge in [0.25, 0.3) is 5.91 Å². The molecule has 182 valence electrons. The van der Waals surface area contributed by atoms with E-state index in [1.807, 2.05) is 78.9 Å². The minimum atomic E-state index is -1.27. The van der Waals surface area contributed by atoms with E-state index in [0.717, 1.165) is 26.7 Å². The molecule has 1 aliphatic heterocycles. The van der Waals surface area contributed by atoms with E-state index in [0.29, 0.717) is 22.6 Å². The van der Waals surface area contributed by atoms with Gasteiger partial charge >= 0.3 is 6.03 Å². The van der Waals surface area contributed by atoms with E-state index in [1.54, 1.807) is 19.1 Å². The molecule has 1 saturated heterocycles. The summed E-state index contributed by atoms with van der Waals surface area (Å²) in [6.07, 6.45) is 0. The van der Waals surface area contributed by atoms with Crippen LogP contribution in [0.4, 0.5) is 10.5 Å². The third-order valence-corrected chi connectivity index (χ3v) is 6.75. The number of carbonyl (C=O) groups excluding carboxylic acids is 3. The molecule has 4 amide bonds. The minimum absolute atomic E-state index is 0.414. The highest BCUT2D eigenvalue weighted by Crippen LogP contribution is 2.32. The lowest BCUT2D eigenvalue weighted by Crippen LogP contribution is -2.42. The summed E-state index contributed by atoms with van der Waals surface area (Å²) in [6, 6.07) is 27.7. The zero-order chi connectivity index (χ0) is 25.6. The Morgan fingerprint density at radius 2 is 1.65 bits per heavy atom. The van der Waals surface area contributed by atoms with Crippen LogP contribution in [0.3, 0.4) is 0 Å². The van der Waals surface area contributed by atoms with Crippen LogP contribution in [-0.4, -0.2) is 39.3 Å². The van der Waals surface area contributed by atoms with E-state index >= 15 is 0 Å². The van der Waals surface area contributed by atoms with Crippen LogP contribution < -0.4 is 10.6 Å². The molecular formula is C29H23N5O3. The number of benzene rings is 4. The zero-order valence-electron chi connectivity index (χ0n) is 20.0. The summed E-state index contributed by atoms with van der Waals surface area (Å²) in [6.45, 7) is 1.24. The molecule has 0 aliphatic carbocycles. The maximum absolute atomic E-state index is 13.4. The molecule has 6 rings (SSSR count). The first-order valence-corrected chi connectivity index (χ1v) is 11.9. The minimum Gasteiger partial charge on any atom is -0.338 e. The number of hydrogen-bond donors (Lipinski definition) is 3. The van der Waals surface area contributed by atoms with Gasteiger partial charge < -0.3 is 15.6 Å². The van der Waals surface area contributed by atoms with Gasteiger partial charge in [0.1, 0.15) is 17.9 Å². The third kappa shape index (κ3) is 3.88. The van der Waals surface area contributed by atoms with Gasteiger partial charge in [-0.2, -0.15) is 0 Å². The SMILES string of the molecule is CC1(c2ccc3ccccc3c2)NC(=O)N(CC(=O)Nc2ccccc2-c2nc3ccccc3[nH]2)C1=O. The molecule has 0 spiro atoms. The fraction of sp³-hybridized carbons (Fsp3) is 0.103. The molecule has 0 bridgehead atoms. The lowest BCUT2D eigenvalue weighted by molar-refractivity contribution is -0.133. The number of imidazole rings is 1. The van der Waals surface area contributed by atoms with Crippen LogP contribution in [0.5, 0.6) is 0 Å². The Bertz CT molecular complexity index is 1680. The molecule has 3 N–H and O–H groups in total. The Hall–Kier alpha value is -4.98. The standard InChI is InChI=1S/C29H23N5O3/c1-29(20-15-14-18-8-2-3-9-19(18)16-20)27(36)34(28(37)33-29)17-25(35)30-22-11-5-4-10-21(22)26-31-23-12-6-7-13-24(23)32-26/h2-16H,17H2,1H3,(H,30,35)(H,31,32)(H,33,37). The van der Waals surface area contributed by atoms with Gasteiger partial charge in [-0.25, -0.2) is 9.78 Å². The van der Waals surface area contributed by atoms with E-state index in [-0.39, 0.29) is 0 Å². The van der Waals surface area contributed by atoms with E-state index in [9.17, 15) is 14.4 Å². The number of rotatable bonds is 5. The van der Waals surface area contributed by atoms with Crippen molar-refractivity contribution in [3.63, 3.8) is 0 Å². The van der Waals surface area contributed by atoms with Crippen LogP contribution in [-0.2, 0) is 15.1 Å². The quantitative estimate of drug-likeness (QED) is 0.309. The first-order valence-electron chi connectivity index (χ1n) is 11.9. The Morgan fingerprint density at radius 1 is 0.919 bits per heavy atom. The van der Waals surface area contributed by atoms with E-state index in [1.165, 1.54) is 0 Å². The van der Waals surface area contributed by atoms with Crippen molar-refractivity contribution in [2.24, 2.45) is 0 Å². The van der Waals surface area contributed by atoms with Crippen molar-refractivity contribution in [1.82, 2.24) is 20.2 Å². The van der Waals surface area contributed by atoms with Crippen LogP contribution in [0, 0.1) is 0 Å². The number of nitrogens with zero attached hydrogens (tertiary/aromatic N) is 2. The molecule has 5 aromatic rings. The van der Waals surface area contributed by atoms with Gasteiger partial charge in [-0.3, -0.25) is 14.5 Å². The normalized spacial score (nSPS) is 17.4. The van der Waals surface area contributed by atoms with E-state index in [4.69, 9.17) is 0 Å².